The van der Waals surface area contributed by atoms with Crippen LogP contribution in [0.5, 0.6) is 0 Å². The number of rotatable bonds is 22. The van der Waals surface area contributed by atoms with Crippen LogP contribution in [-0.2, 0) is 44.5 Å². The number of nitrogens with one attached hydrogen (secondary N) is 4. The average molecular weight is 789 g/mol. The summed E-state index contributed by atoms with van der Waals surface area (Å²) in [5.41, 5.74) is 1.05. The van der Waals surface area contributed by atoms with Crippen LogP contribution >= 0.6 is 11.3 Å². The highest BCUT2D eigenvalue weighted by Crippen LogP contribution is 2.29. The molecule has 0 spiro atoms. The molecule has 1 aromatic carbocycles. The summed E-state index contributed by atoms with van der Waals surface area (Å²) < 4.78 is 23.7. The minimum atomic E-state index is -1.01. The number of likely N-dealkylation sites (N-methyl/N-ethyl adjacent to an activating group) is 2. The highest BCUT2D eigenvalue weighted by Gasteiger charge is 2.49. The van der Waals surface area contributed by atoms with Gasteiger partial charge in [-0.2, -0.15) is 0 Å². The molecule has 15 heteroatoms. The van der Waals surface area contributed by atoms with Gasteiger partial charge in [0.15, 0.2) is 6.10 Å². The van der Waals surface area contributed by atoms with Crippen LogP contribution in [0.3, 0.4) is 0 Å². The number of ether oxygens (including phenoxy) is 4. The third kappa shape index (κ3) is 12.3. The number of nitrogens with zero attached hydrogens (tertiary/aromatic N) is 2. The van der Waals surface area contributed by atoms with E-state index in [4.69, 9.17) is 18.9 Å². The van der Waals surface area contributed by atoms with Gasteiger partial charge >= 0.3 is 0 Å². The van der Waals surface area contributed by atoms with Crippen LogP contribution in [-0.4, -0.2) is 124 Å². The molecule has 0 radical (unpaired) electrons. The van der Waals surface area contributed by atoms with Crippen LogP contribution in [0.2, 0.25) is 0 Å². The van der Waals surface area contributed by atoms with Crippen molar-refractivity contribution in [1.82, 2.24) is 31.2 Å². The van der Waals surface area contributed by atoms with E-state index in [1.165, 1.54) is 32.7 Å². The van der Waals surface area contributed by atoms with Crippen molar-refractivity contribution in [3.05, 3.63) is 52.5 Å². The number of carbonyl (C=O) groups excluding carboxylic acids is 4. The first-order valence-corrected chi connectivity index (χ1v) is 20.1. The van der Waals surface area contributed by atoms with E-state index in [1.807, 2.05) is 77.3 Å². The highest BCUT2D eigenvalue weighted by molar-refractivity contribution is 7.09. The summed E-state index contributed by atoms with van der Waals surface area (Å²) in [6, 6.07) is 7.77. The van der Waals surface area contributed by atoms with Gasteiger partial charge in [0.05, 0.1) is 30.7 Å². The SMILES string of the molecule is CC[C@H](C)[C@@H]([C@H](CC(=O)NC[C@H]1O[C@H](C(=O)N[C@@H](Cc2ccccc2)c2nccs2)[C@@H](OC)[C@@H]1OC)OC)N(C)C(=O)[C@@H](NC(=O)[C@@H](NC)C(C)C)C(C)C. The zero-order chi connectivity index (χ0) is 40.8. The molecular weight excluding hydrogens is 725 g/mol. The molecule has 3 rings (SSSR count). The van der Waals surface area contributed by atoms with E-state index in [9.17, 15) is 19.2 Å². The Hall–Kier alpha value is -3.47. The fourth-order valence-corrected chi connectivity index (χ4v) is 7.99. The lowest BCUT2D eigenvalue weighted by atomic mass is 9.89. The second kappa shape index (κ2) is 22.3. The van der Waals surface area contributed by atoms with Gasteiger partial charge in [0.1, 0.15) is 29.4 Å². The molecule has 4 N–H and O–H groups in total. The zero-order valence-corrected chi connectivity index (χ0v) is 35.2. The van der Waals surface area contributed by atoms with Crippen LogP contribution < -0.4 is 21.3 Å². The van der Waals surface area contributed by atoms with Gasteiger partial charge in [0, 0.05) is 46.5 Å². The molecule has 0 unspecified atom stereocenters. The molecule has 308 valence electrons. The van der Waals surface area contributed by atoms with Crippen molar-refractivity contribution in [1.29, 1.82) is 0 Å². The number of thiazole rings is 1. The average Bonchev–Trinajstić information content (AvgIpc) is 3.84. The van der Waals surface area contributed by atoms with Crippen molar-refractivity contribution >= 4 is 35.0 Å². The highest BCUT2D eigenvalue weighted by atomic mass is 32.1. The Morgan fingerprint density at radius 3 is 2.13 bits per heavy atom. The predicted molar refractivity (Wildman–Crippen MR) is 212 cm³/mol. The molecule has 14 nitrogen and oxygen atoms in total. The lowest BCUT2D eigenvalue weighted by molar-refractivity contribution is -0.144. The Morgan fingerprint density at radius 2 is 1.60 bits per heavy atom. The van der Waals surface area contributed by atoms with Gasteiger partial charge in [0.25, 0.3) is 5.91 Å². The number of hydrogen-bond acceptors (Lipinski definition) is 11. The molecule has 0 saturated carbocycles. The van der Waals surface area contributed by atoms with Gasteiger partial charge < -0.3 is 45.1 Å². The maximum atomic E-state index is 14.1. The smallest absolute Gasteiger partial charge is 0.252 e. The standard InChI is InChI=1S/C40H64N6O8S/c1-12-25(6)33(46(8)40(50)32(24(4)5)45-37(48)31(41-7)23(2)3)28(51-9)21-30(47)43-22-29-34(52-10)35(53-11)36(54-29)38(49)44-27(39-42-18-19-55-39)20-26-16-14-13-15-17-26/h13-19,23-25,27-29,31-36,41H,12,20-22H2,1-11H3,(H,43,47)(H,44,49)(H,45,48)/t25-,27-,28-,29+,31-,32-,33-,34+,35-,36-/m0/s1. The molecule has 1 fully saturated rings. The van der Waals surface area contributed by atoms with Crippen LogP contribution in [0.15, 0.2) is 41.9 Å². The summed E-state index contributed by atoms with van der Waals surface area (Å²) in [6.45, 7) is 11.8. The maximum Gasteiger partial charge on any atom is 0.252 e. The second-order valence-electron chi connectivity index (χ2n) is 15.0. The van der Waals surface area contributed by atoms with Crippen molar-refractivity contribution in [3.8, 4) is 0 Å². The second-order valence-corrected chi connectivity index (χ2v) is 15.9. The maximum absolute atomic E-state index is 14.1. The molecule has 1 aliphatic heterocycles. The molecule has 2 heterocycles. The Morgan fingerprint density at radius 1 is 0.945 bits per heavy atom. The third-order valence-corrected chi connectivity index (χ3v) is 11.4. The van der Waals surface area contributed by atoms with E-state index in [0.29, 0.717) is 6.42 Å². The molecule has 0 aliphatic carbocycles. The molecule has 1 aliphatic rings. The quantitative estimate of drug-likeness (QED) is 0.139. The van der Waals surface area contributed by atoms with Gasteiger partial charge in [-0.15, -0.1) is 11.3 Å². The minimum absolute atomic E-state index is 0.0263. The lowest BCUT2D eigenvalue weighted by Gasteiger charge is -2.40. The Bertz CT molecular complexity index is 1480. The molecular formula is C40H64N6O8S. The summed E-state index contributed by atoms with van der Waals surface area (Å²) in [5, 5.41) is 14.7. The van der Waals surface area contributed by atoms with Gasteiger partial charge in [-0.05, 0) is 36.8 Å². The van der Waals surface area contributed by atoms with Crippen molar-refractivity contribution in [3.63, 3.8) is 0 Å². The first-order chi connectivity index (χ1) is 26.2. The summed E-state index contributed by atoms with van der Waals surface area (Å²) in [7, 11) is 7.97. The molecule has 10 atom stereocenters. The number of methoxy groups -OCH3 is 3. The van der Waals surface area contributed by atoms with E-state index in [-0.39, 0.29) is 60.4 Å². The number of hydrogen-bond donors (Lipinski definition) is 4. The number of benzene rings is 1. The minimum Gasteiger partial charge on any atom is -0.379 e. The van der Waals surface area contributed by atoms with E-state index >= 15 is 0 Å². The molecule has 1 saturated heterocycles. The van der Waals surface area contributed by atoms with Crippen LogP contribution in [0, 0.1) is 17.8 Å². The largest absolute Gasteiger partial charge is 0.379 e. The van der Waals surface area contributed by atoms with E-state index in [2.05, 4.69) is 26.3 Å². The number of aromatic nitrogens is 1. The van der Waals surface area contributed by atoms with Crippen molar-refractivity contribution in [2.75, 3.05) is 42.0 Å². The first kappa shape index (κ1) is 45.9. The van der Waals surface area contributed by atoms with E-state index in [0.717, 1.165) is 17.0 Å². The summed E-state index contributed by atoms with van der Waals surface area (Å²) in [6.07, 6.45) is -0.821. The zero-order valence-electron chi connectivity index (χ0n) is 34.4. The number of carbonyl (C=O) groups is 4. The Labute approximate surface area is 331 Å². The molecule has 55 heavy (non-hydrogen) atoms. The first-order valence-electron chi connectivity index (χ1n) is 19.2. The normalized spacial score (nSPS) is 21.7. The monoisotopic (exact) mass is 788 g/mol. The van der Waals surface area contributed by atoms with Crippen LogP contribution in [0.1, 0.15) is 71.0 Å². The van der Waals surface area contributed by atoms with E-state index < -0.39 is 48.6 Å². The van der Waals surface area contributed by atoms with Crippen LogP contribution in [0.4, 0.5) is 0 Å². The Kier molecular flexibility index (Phi) is 18.6. The fraction of sp³-hybridized carbons (Fsp3) is 0.675. The predicted octanol–water partition coefficient (Wildman–Crippen LogP) is 3.12. The van der Waals surface area contributed by atoms with Gasteiger partial charge in [-0.25, -0.2) is 4.98 Å². The van der Waals surface area contributed by atoms with Gasteiger partial charge in [-0.1, -0.05) is 78.3 Å². The third-order valence-electron chi connectivity index (χ3n) is 10.5. The van der Waals surface area contributed by atoms with Gasteiger partial charge in [0.2, 0.25) is 17.7 Å². The topological polar surface area (TPSA) is 169 Å². The Balaban J connectivity index is 1.71. The summed E-state index contributed by atoms with van der Waals surface area (Å²) in [5.74, 6) is -1.39. The molecule has 1 aromatic heterocycles. The molecule has 0 bridgehead atoms. The fourth-order valence-electron chi connectivity index (χ4n) is 7.30. The summed E-state index contributed by atoms with van der Waals surface area (Å²) >= 11 is 1.46. The molecule has 4 amide bonds. The summed E-state index contributed by atoms with van der Waals surface area (Å²) in [4.78, 5) is 60.7. The van der Waals surface area contributed by atoms with Crippen molar-refractivity contribution < 1.29 is 38.1 Å². The lowest BCUT2D eigenvalue weighted by Crippen LogP contribution is -2.59. The van der Waals surface area contributed by atoms with Crippen molar-refractivity contribution in [2.45, 2.75) is 115 Å². The van der Waals surface area contributed by atoms with Crippen molar-refractivity contribution in [2.24, 2.45) is 17.8 Å². The molecule has 2 aromatic rings. The van der Waals surface area contributed by atoms with E-state index in [1.54, 1.807) is 25.2 Å². The van der Waals surface area contributed by atoms with Crippen LogP contribution in [0.25, 0.3) is 0 Å². The number of amides is 4. The van der Waals surface area contributed by atoms with Gasteiger partial charge in [-0.3, -0.25) is 19.2 Å².